The predicted molar refractivity (Wildman–Crippen MR) is 88.3 cm³/mol. The van der Waals surface area contributed by atoms with Crippen LogP contribution in [-0.2, 0) is 11.3 Å². The van der Waals surface area contributed by atoms with Crippen LogP contribution in [0.1, 0.15) is 19.3 Å². The van der Waals surface area contributed by atoms with Crippen LogP contribution in [0.25, 0.3) is 21.8 Å². The molecule has 1 aromatic carbocycles. The number of hydrogen-bond donors (Lipinski definition) is 1. The first-order valence-electron chi connectivity index (χ1n) is 7.98. The number of carbonyl (C=O) groups excluding carboxylic acids is 1. The number of amides is 1. The number of para-hydroxylation sites is 1. The van der Waals surface area contributed by atoms with Crippen LogP contribution in [0, 0.1) is 0 Å². The predicted octanol–water partition coefficient (Wildman–Crippen LogP) is 1.89. The van der Waals surface area contributed by atoms with Gasteiger partial charge in [-0.2, -0.15) is 5.10 Å². The molecule has 0 bridgehead atoms. The zero-order valence-corrected chi connectivity index (χ0v) is 12.8. The summed E-state index contributed by atoms with van der Waals surface area (Å²) in [5.41, 5.74) is 1.17. The molecule has 23 heavy (non-hydrogen) atoms. The monoisotopic (exact) mass is 310 g/mol. The minimum Gasteiger partial charge on any atom is -0.350 e. The lowest BCUT2D eigenvalue weighted by molar-refractivity contribution is -0.133. The van der Waals surface area contributed by atoms with E-state index in [0.29, 0.717) is 5.52 Å². The van der Waals surface area contributed by atoms with Gasteiger partial charge in [0.05, 0.1) is 6.20 Å². The molecule has 0 atom stereocenters. The van der Waals surface area contributed by atoms with Crippen molar-refractivity contribution in [1.82, 2.24) is 19.7 Å². The molecule has 118 valence electrons. The van der Waals surface area contributed by atoms with Crippen LogP contribution >= 0.6 is 0 Å². The van der Waals surface area contributed by atoms with Gasteiger partial charge in [0.15, 0.2) is 0 Å². The first-order chi connectivity index (χ1) is 11.2. The maximum atomic E-state index is 12.6. The fourth-order valence-electron chi connectivity index (χ4n) is 3.26. The van der Waals surface area contributed by atoms with Gasteiger partial charge in [0, 0.05) is 29.4 Å². The van der Waals surface area contributed by atoms with Crippen molar-refractivity contribution < 1.29 is 4.79 Å². The van der Waals surface area contributed by atoms with Gasteiger partial charge < -0.3 is 9.88 Å². The summed E-state index contributed by atoms with van der Waals surface area (Å²) < 4.78 is 1.26. The molecule has 1 amide bonds. The number of carbonyl (C=O) groups is 1. The van der Waals surface area contributed by atoms with Crippen molar-refractivity contribution in [1.29, 1.82) is 0 Å². The van der Waals surface area contributed by atoms with E-state index in [0.717, 1.165) is 42.2 Å². The molecule has 0 aliphatic carbocycles. The Bertz CT molecular complexity index is 935. The molecule has 1 saturated heterocycles. The van der Waals surface area contributed by atoms with Crippen molar-refractivity contribution in [3.8, 4) is 0 Å². The van der Waals surface area contributed by atoms with Crippen LogP contribution in [0.2, 0.25) is 0 Å². The molecule has 1 fully saturated rings. The summed E-state index contributed by atoms with van der Waals surface area (Å²) in [6.07, 6.45) is 4.91. The van der Waals surface area contributed by atoms with Gasteiger partial charge in [-0.25, -0.2) is 4.68 Å². The third kappa shape index (κ3) is 2.40. The number of H-pyrrole nitrogens is 1. The summed E-state index contributed by atoms with van der Waals surface area (Å²) in [4.78, 5) is 29.9. The summed E-state index contributed by atoms with van der Waals surface area (Å²) in [6.45, 7) is 1.56. The zero-order valence-electron chi connectivity index (χ0n) is 12.8. The topological polar surface area (TPSA) is 71.0 Å². The highest BCUT2D eigenvalue weighted by Crippen LogP contribution is 2.21. The molecular weight excluding hydrogens is 292 g/mol. The van der Waals surface area contributed by atoms with E-state index in [2.05, 4.69) is 10.1 Å². The van der Waals surface area contributed by atoms with Crippen molar-refractivity contribution >= 4 is 27.7 Å². The number of aromatic amines is 1. The van der Waals surface area contributed by atoms with Crippen molar-refractivity contribution in [2.75, 3.05) is 13.1 Å². The summed E-state index contributed by atoms with van der Waals surface area (Å²) in [5.74, 6) is -0.0326. The highest BCUT2D eigenvalue weighted by molar-refractivity contribution is 6.06. The van der Waals surface area contributed by atoms with E-state index >= 15 is 0 Å². The minimum absolute atomic E-state index is 0.00411. The van der Waals surface area contributed by atoms with Crippen LogP contribution in [0.15, 0.2) is 35.3 Å². The van der Waals surface area contributed by atoms with E-state index < -0.39 is 0 Å². The second kappa shape index (κ2) is 5.53. The van der Waals surface area contributed by atoms with E-state index in [1.165, 1.54) is 11.1 Å². The molecule has 0 radical (unpaired) electrons. The standard InChI is InChI=1S/C17H18N4O2/c22-15(20-8-4-1-5-9-20)11-21-17(23)16-13(10-18-21)12-6-2-3-7-14(12)19-16/h2-3,6-7,10,19H,1,4-5,8-9,11H2. The normalized spacial score (nSPS) is 15.4. The van der Waals surface area contributed by atoms with Crippen LogP contribution in [0.3, 0.4) is 0 Å². The smallest absolute Gasteiger partial charge is 0.291 e. The quantitative estimate of drug-likeness (QED) is 0.786. The van der Waals surface area contributed by atoms with Crippen molar-refractivity contribution in [3.63, 3.8) is 0 Å². The number of rotatable bonds is 2. The summed E-state index contributed by atoms with van der Waals surface area (Å²) >= 11 is 0. The lowest BCUT2D eigenvalue weighted by atomic mass is 10.1. The Labute approximate surface area is 132 Å². The summed E-state index contributed by atoms with van der Waals surface area (Å²) in [6, 6.07) is 7.74. The number of benzene rings is 1. The van der Waals surface area contributed by atoms with E-state index in [4.69, 9.17) is 0 Å². The Morgan fingerprint density at radius 1 is 1.13 bits per heavy atom. The van der Waals surface area contributed by atoms with E-state index in [1.54, 1.807) is 6.20 Å². The maximum Gasteiger partial charge on any atom is 0.291 e. The van der Waals surface area contributed by atoms with E-state index in [-0.39, 0.29) is 18.0 Å². The van der Waals surface area contributed by atoms with Crippen LogP contribution in [0.5, 0.6) is 0 Å². The zero-order chi connectivity index (χ0) is 15.8. The van der Waals surface area contributed by atoms with Crippen molar-refractivity contribution in [2.24, 2.45) is 0 Å². The molecule has 1 N–H and O–H groups in total. The number of nitrogens with zero attached hydrogens (tertiary/aromatic N) is 3. The molecule has 0 spiro atoms. The summed E-state index contributed by atoms with van der Waals surface area (Å²) in [5, 5.41) is 5.97. The highest BCUT2D eigenvalue weighted by Gasteiger charge is 2.18. The molecule has 4 rings (SSSR count). The molecular formula is C17H18N4O2. The fourth-order valence-corrected chi connectivity index (χ4v) is 3.26. The second-order valence-corrected chi connectivity index (χ2v) is 6.01. The number of fused-ring (bicyclic) bond motifs is 3. The van der Waals surface area contributed by atoms with E-state index in [1.807, 2.05) is 29.2 Å². The Morgan fingerprint density at radius 2 is 1.91 bits per heavy atom. The second-order valence-electron chi connectivity index (χ2n) is 6.01. The molecule has 1 aliphatic heterocycles. The van der Waals surface area contributed by atoms with Crippen LogP contribution in [-0.4, -0.2) is 38.7 Å². The third-order valence-electron chi connectivity index (χ3n) is 4.51. The first-order valence-corrected chi connectivity index (χ1v) is 7.98. The highest BCUT2D eigenvalue weighted by atomic mass is 16.2. The molecule has 1 aliphatic rings. The molecule has 0 saturated carbocycles. The number of nitrogens with one attached hydrogen (secondary N) is 1. The number of aromatic nitrogens is 3. The number of piperidine rings is 1. The molecule has 6 nitrogen and oxygen atoms in total. The van der Waals surface area contributed by atoms with Gasteiger partial charge in [0.25, 0.3) is 5.56 Å². The number of hydrogen-bond acceptors (Lipinski definition) is 3. The lowest BCUT2D eigenvalue weighted by Gasteiger charge is -2.26. The molecule has 0 unspecified atom stereocenters. The SMILES string of the molecule is O=C(Cn1ncc2c([nH]c3ccccc32)c1=O)N1CCCCC1. The number of likely N-dealkylation sites (tertiary alicyclic amines) is 1. The third-order valence-corrected chi connectivity index (χ3v) is 4.51. The Balaban J connectivity index is 1.70. The first kappa shape index (κ1) is 14.0. The lowest BCUT2D eigenvalue weighted by Crippen LogP contribution is -2.40. The molecule has 6 heteroatoms. The van der Waals surface area contributed by atoms with Crippen molar-refractivity contribution in [3.05, 3.63) is 40.8 Å². The maximum absolute atomic E-state index is 12.6. The molecule has 3 aromatic rings. The fraction of sp³-hybridized carbons (Fsp3) is 0.353. The average Bonchev–Trinajstić information content (AvgIpc) is 2.98. The largest absolute Gasteiger partial charge is 0.350 e. The molecule has 3 heterocycles. The average molecular weight is 310 g/mol. The van der Waals surface area contributed by atoms with Crippen LogP contribution in [0.4, 0.5) is 0 Å². The van der Waals surface area contributed by atoms with Gasteiger partial charge in [-0.1, -0.05) is 18.2 Å². The Morgan fingerprint density at radius 3 is 2.74 bits per heavy atom. The Hall–Kier alpha value is -2.63. The Kier molecular flexibility index (Phi) is 3.37. The summed E-state index contributed by atoms with van der Waals surface area (Å²) in [7, 11) is 0. The van der Waals surface area contributed by atoms with Gasteiger partial charge in [0.2, 0.25) is 5.91 Å². The minimum atomic E-state index is -0.246. The van der Waals surface area contributed by atoms with Gasteiger partial charge in [0.1, 0.15) is 12.1 Å². The van der Waals surface area contributed by atoms with Gasteiger partial charge >= 0.3 is 0 Å². The molecule has 2 aromatic heterocycles. The van der Waals surface area contributed by atoms with E-state index in [9.17, 15) is 9.59 Å². The van der Waals surface area contributed by atoms with Gasteiger partial charge in [-0.3, -0.25) is 9.59 Å². The van der Waals surface area contributed by atoms with Crippen LogP contribution < -0.4 is 5.56 Å². The van der Waals surface area contributed by atoms with Gasteiger partial charge in [-0.15, -0.1) is 0 Å². The van der Waals surface area contributed by atoms with Crippen molar-refractivity contribution in [2.45, 2.75) is 25.8 Å². The van der Waals surface area contributed by atoms with Gasteiger partial charge in [-0.05, 0) is 25.3 Å².